The van der Waals surface area contributed by atoms with Crippen LogP contribution in [0.4, 0.5) is 10.5 Å². The fraction of sp³-hybridized carbons (Fsp3) is 0.545. The number of hydrogen-bond donors (Lipinski definition) is 2. The highest BCUT2D eigenvalue weighted by Crippen LogP contribution is 2.17. The Morgan fingerprint density at radius 2 is 1.97 bits per heavy atom. The Balaban J connectivity index is 0.000000592. The summed E-state index contributed by atoms with van der Waals surface area (Å²) in [5.74, 6) is 0.0517. The van der Waals surface area contributed by atoms with E-state index < -0.39 is 11.7 Å². The molecule has 1 fully saturated rings. The topological polar surface area (TPSA) is 110 Å². The quantitative estimate of drug-likeness (QED) is 0.686. The number of piperazine rings is 1. The normalized spacial score (nSPS) is 14.5. The highest BCUT2D eigenvalue weighted by atomic mass is 16.6. The summed E-state index contributed by atoms with van der Waals surface area (Å²) in [6.45, 7) is 13.2. The second-order valence-electron chi connectivity index (χ2n) is 8.84. The Labute approximate surface area is 184 Å². The van der Waals surface area contributed by atoms with Crippen molar-refractivity contribution in [1.29, 1.82) is 0 Å². The van der Waals surface area contributed by atoms with E-state index in [-0.39, 0.29) is 11.5 Å². The van der Waals surface area contributed by atoms with Crippen molar-refractivity contribution in [3.63, 3.8) is 0 Å². The van der Waals surface area contributed by atoms with Gasteiger partial charge < -0.3 is 19.7 Å². The molecule has 1 saturated heterocycles. The first-order valence-corrected chi connectivity index (χ1v) is 10.1. The first kappa shape index (κ1) is 26.1. The van der Waals surface area contributed by atoms with Gasteiger partial charge in [-0.2, -0.15) is 0 Å². The van der Waals surface area contributed by atoms with Crippen molar-refractivity contribution < 1.29 is 23.9 Å². The van der Waals surface area contributed by atoms with Crippen LogP contribution < -0.4 is 10.6 Å². The summed E-state index contributed by atoms with van der Waals surface area (Å²) in [5.41, 5.74) is 0.624. The number of nitrogens with zero attached hydrogens (tertiary/aromatic N) is 2. The third kappa shape index (κ3) is 11.7. The van der Waals surface area contributed by atoms with Crippen LogP contribution in [0.2, 0.25) is 0 Å². The Kier molecular flexibility index (Phi) is 10.1. The summed E-state index contributed by atoms with van der Waals surface area (Å²) in [7, 11) is 0. The standard InChI is InChI=1S/C17H24N4O3.C5H10O2/c1-17(2,3)24-16(23)20-14-6-7-18-11-13(14)5-4-9-21-10-8-19-12-15(21)22;1-5(2,3)7-4-6/h4,6-7,9,11,19H,5,8,10,12H2,1-3H3,(H,18,20,23);4H,1-3H3. The Bertz CT molecular complexity index is 766. The molecule has 0 radical (unpaired) electrons. The van der Waals surface area contributed by atoms with E-state index in [2.05, 4.69) is 20.4 Å². The molecule has 9 heteroatoms. The highest BCUT2D eigenvalue weighted by molar-refractivity contribution is 5.85. The second kappa shape index (κ2) is 12.0. The minimum Gasteiger partial charge on any atom is -0.462 e. The smallest absolute Gasteiger partial charge is 0.412 e. The van der Waals surface area contributed by atoms with Gasteiger partial charge in [0.1, 0.15) is 11.2 Å². The lowest BCUT2D eigenvalue weighted by molar-refractivity contribution is -0.138. The highest BCUT2D eigenvalue weighted by Gasteiger charge is 2.17. The Morgan fingerprint density at radius 1 is 1.26 bits per heavy atom. The monoisotopic (exact) mass is 434 g/mol. The average molecular weight is 435 g/mol. The molecule has 2 amide bonds. The molecule has 31 heavy (non-hydrogen) atoms. The van der Waals surface area contributed by atoms with Gasteiger partial charge in [0.2, 0.25) is 5.91 Å². The average Bonchev–Trinajstić information content (AvgIpc) is 2.62. The molecule has 1 aromatic rings. The van der Waals surface area contributed by atoms with Gasteiger partial charge in [0, 0.05) is 31.7 Å². The van der Waals surface area contributed by atoms with Crippen LogP contribution in [0.3, 0.4) is 0 Å². The largest absolute Gasteiger partial charge is 0.462 e. The minimum atomic E-state index is -0.556. The Hall–Kier alpha value is -2.94. The predicted octanol–water partition coefficient (Wildman–Crippen LogP) is 2.87. The molecule has 0 saturated carbocycles. The van der Waals surface area contributed by atoms with Crippen LogP contribution in [0, 0.1) is 0 Å². The number of hydrogen-bond acceptors (Lipinski definition) is 7. The van der Waals surface area contributed by atoms with E-state index in [9.17, 15) is 14.4 Å². The van der Waals surface area contributed by atoms with E-state index >= 15 is 0 Å². The van der Waals surface area contributed by atoms with Gasteiger partial charge in [-0.25, -0.2) is 4.79 Å². The zero-order chi connectivity index (χ0) is 23.5. The number of aromatic nitrogens is 1. The van der Waals surface area contributed by atoms with Gasteiger partial charge >= 0.3 is 6.09 Å². The zero-order valence-corrected chi connectivity index (χ0v) is 19.2. The summed E-state index contributed by atoms with van der Waals surface area (Å²) in [5, 5.41) is 5.76. The molecule has 2 heterocycles. The van der Waals surface area contributed by atoms with Gasteiger partial charge in [-0.05, 0) is 59.6 Å². The first-order chi connectivity index (χ1) is 14.4. The van der Waals surface area contributed by atoms with Crippen LogP contribution in [0.1, 0.15) is 47.1 Å². The maximum atomic E-state index is 11.9. The van der Waals surface area contributed by atoms with E-state index in [1.165, 1.54) is 0 Å². The summed E-state index contributed by atoms with van der Waals surface area (Å²) in [4.78, 5) is 39.0. The molecule has 1 aromatic heterocycles. The SMILES string of the molecule is CC(C)(C)OC(=O)Nc1ccncc1CC=CN1CCNCC1=O.CC(C)(C)OC=O. The van der Waals surface area contributed by atoms with E-state index in [1.807, 2.05) is 47.6 Å². The molecule has 0 bridgehead atoms. The molecule has 0 atom stereocenters. The van der Waals surface area contributed by atoms with Crippen LogP contribution >= 0.6 is 0 Å². The van der Waals surface area contributed by atoms with Crippen molar-refractivity contribution in [2.45, 2.75) is 59.2 Å². The van der Waals surface area contributed by atoms with Crippen LogP contribution in [0.25, 0.3) is 0 Å². The fourth-order valence-electron chi connectivity index (χ4n) is 2.36. The van der Waals surface area contributed by atoms with Crippen molar-refractivity contribution in [1.82, 2.24) is 15.2 Å². The third-order valence-corrected chi connectivity index (χ3v) is 3.69. The zero-order valence-electron chi connectivity index (χ0n) is 19.2. The van der Waals surface area contributed by atoms with Crippen molar-refractivity contribution in [3.8, 4) is 0 Å². The molecule has 172 valence electrons. The summed E-state index contributed by atoms with van der Waals surface area (Å²) in [6.07, 6.45) is 7.02. The van der Waals surface area contributed by atoms with Crippen LogP contribution in [-0.2, 0) is 25.5 Å². The number of carbonyl (C=O) groups excluding carboxylic acids is 3. The number of ether oxygens (including phenoxy) is 2. The molecule has 0 spiro atoms. The number of anilines is 1. The molecule has 1 aliphatic rings. The van der Waals surface area contributed by atoms with Crippen molar-refractivity contribution >= 4 is 24.2 Å². The van der Waals surface area contributed by atoms with Gasteiger partial charge in [0.05, 0.1) is 12.2 Å². The minimum absolute atomic E-state index is 0.0517. The van der Waals surface area contributed by atoms with Crippen LogP contribution in [0.15, 0.2) is 30.7 Å². The lowest BCUT2D eigenvalue weighted by atomic mass is 10.1. The number of carbonyl (C=O) groups is 3. The van der Waals surface area contributed by atoms with E-state index in [0.717, 1.165) is 12.1 Å². The second-order valence-corrected chi connectivity index (χ2v) is 8.84. The number of amides is 2. The number of allylic oxidation sites excluding steroid dienone is 1. The number of pyridine rings is 1. The van der Waals surface area contributed by atoms with E-state index in [1.54, 1.807) is 29.6 Å². The summed E-state index contributed by atoms with van der Waals surface area (Å²) < 4.78 is 9.81. The number of nitrogens with one attached hydrogen (secondary N) is 2. The van der Waals surface area contributed by atoms with E-state index in [0.29, 0.717) is 31.7 Å². The molecular formula is C22H34N4O5. The molecule has 2 N–H and O–H groups in total. The predicted molar refractivity (Wildman–Crippen MR) is 118 cm³/mol. The van der Waals surface area contributed by atoms with Gasteiger partial charge in [-0.1, -0.05) is 6.08 Å². The van der Waals surface area contributed by atoms with Crippen molar-refractivity contribution in [2.75, 3.05) is 25.0 Å². The Morgan fingerprint density at radius 3 is 2.52 bits per heavy atom. The maximum Gasteiger partial charge on any atom is 0.412 e. The molecule has 0 aromatic carbocycles. The first-order valence-electron chi connectivity index (χ1n) is 10.1. The van der Waals surface area contributed by atoms with Gasteiger partial charge in [0.25, 0.3) is 6.47 Å². The van der Waals surface area contributed by atoms with Gasteiger partial charge in [0.15, 0.2) is 0 Å². The molecular weight excluding hydrogens is 400 g/mol. The van der Waals surface area contributed by atoms with Gasteiger partial charge in [-0.15, -0.1) is 0 Å². The van der Waals surface area contributed by atoms with Crippen LogP contribution in [0.5, 0.6) is 0 Å². The third-order valence-electron chi connectivity index (χ3n) is 3.69. The van der Waals surface area contributed by atoms with E-state index in [4.69, 9.17) is 4.74 Å². The lowest BCUT2D eigenvalue weighted by Crippen LogP contribution is -2.45. The molecule has 2 rings (SSSR count). The number of rotatable bonds is 5. The summed E-state index contributed by atoms with van der Waals surface area (Å²) >= 11 is 0. The molecule has 0 unspecified atom stereocenters. The lowest BCUT2D eigenvalue weighted by Gasteiger charge is -2.23. The molecule has 0 aliphatic carbocycles. The van der Waals surface area contributed by atoms with Crippen molar-refractivity contribution in [3.05, 3.63) is 36.3 Å². The molecule has 1 aliphatic heterocycles. The van der Waals surface area contributed by atoms with Gasteiger partial charge in [-0.3, -0.25) is 19.9 Å². The maximum absolute atomic E-state index is 11.9. The summed E-state index contributed by atoms with van der Waals surface area (Å²) in [6, 6.07) is 1.73. The van der Waals surface area contributed by atoms with Crippen molar-refractivity contribution in [2.24, 2.45) is 0 Å². The fourth-order valence-corrected chi connectivity index (χ4v) is 2.36. The molecule has 9 nitrogen and oxygen atoms in total. The van der Waals surface area contributed by atoms with Crippen LogP contribution in [-0.4, -0.2) is 59.2 Å².